The second kappa shape index (κ2) is 24.8. The molecule has 7 aromatic rings. The fourth-order valence-corrected chi connectivity index (χ4v) is 9.36. The molecule has 0 bridgehead atoms. The van der Waals surface area contributed by atoms with Gasteiger partial charge in [-0.25, -0.2) is 10.1 Å². The number of nitrogens with two attached hydrogens (primary N) is 1. The van der Waals surface area contributed by atoms with Gasteiger partial charge in [-0.2, -0.15) is 36.5 Å². The number of aliphatic hydroxyl groups is 1. The quantitative estimate of drug-likeness (QED) is 0.0197. The fraction of sp³-hybridized carbons (Fsp3) is 0.345. The first kappa shape index (κ1) is 57.3. The summed E-state index contributed by atoms with van der Waals surface area (Å²) in [4.78, 5) is 29.7. The first-order chi connectivity index (χ1) is 37.7. The number of amides is 2. The minimum absolute atomic E-state index is 0.0157. The standard InChI is InChI=1S/C55H63F6N15O3/c1-34-8-9-38(52(78)68-42-15-13-41(29-65-18-23-77)47(27-42)55(59,60)61)24-50(34)75(63-4)32-48(62)44-30-67-74(36(44)3)21-16-37-10-11-39(25-51(37)76-33-49(70-71-76)45-31-66-72(5)35(45)2)53(79)69-43-14-12-40(46(26-43)54(56,57)58)28-64-17-22-73-19-6-7-20-73/h8-15,24-27,30-33,63-65,77H,6-7,16-23,28-29,62H2,1-5H3,(H,68,78)(H,69,79)/b48-32-. The van der Waals surface area contributed by atoms with Gasteiger partial charge < -0.3 is 37.0 Å². The number of anilines is 3. The number of carbonyl (C=O) groups is 2. The molecule has 79 heavy (non-hydrogen) atoms. The predicted octanol–water partition coefficient (Wildman–Crippen LogP) is 7.74. The van der Waals surface area contributed by atoms with E-state index in [1.54, 1.807) is 82.6 Å². The van der Waals surface area contributed by atoms with Crippen LogP contribution in [0.2, 0.25) is 0 Å². The molecule has 1 fully saturated rings. The largest absolute Gasteiger partial charge is 0.416 e. The predicted molar refractivity (Wildman–Crippen MR) is 289 cm³/mol. The van der Waals surface area contributed by atoms with Crippen LogP contribution in [0.5, 0.6) is 0 Å². The number of nitrogens with zero attached hydrogens (tertiary/aromatic N) is 9. The van der Waals surface area contributed by atoms with Gasteiger partial charge in [0.15, 0.2) is 0 Å². The summed E-state index contributed by atoms with van der Waals surface area (Å²) in [5, 5.41) is 39.6. The lowest BCUT2D eigenvalue weighted by Crippen LogP contribution is -2.31. The molecule has 0 saturated carbocycles. The molecule has 0 aliphatic carbocycles. The molecule has 8 rings (SSSR count). The fourth-order valence-electron chi connectivity index (χ4n) is 9.36. The van der Waals surface area contributed by atoms with Crippen LogP contribution in [0.25, 0.3) is 22.6 Å². The molecular formula is C55H63F6N15O3. The third kappa shape index (κ3) is 13.9. The van der Waals surface area contributed by atoms with E-state index < -0.39 is 35.3 Å². The van der Waals surface area contributed by atoms with Gasteiger partial charge in [-0.1, -0.05) is 29.5 Å². The van der Waals surface area contributed by atoms with Crippen LogP contribution in [0.3, 0.4) is 0 Å². The van der Waals surface area contributed by atoms with Crippen molar-refractivity contribution < 1.29 is 41.0 Å². The highest BCUT2D eigenvalue weighted by atomic mass is 19.4. The molecule has 0 atom stereocenters. The Balaban J connectivity index is 0.994. The summed E-state index contributed by atoms with van der Waals surface area (Å²) in [6, 6.07) is 17.1. The van der Waals surface area contributed by atoms with Gasteiger partial charge in [0.2, 0.25) is 0 Å². The van der Waals surface area contributed by atoms with Gasteiger partial charge >= 0.3 is 12.4 Å². The minimum Gasteiger partial charge on any atom is -0.397 e. The zero-order valence-corrected chi connectivity index (χ0v) is 44.4. The van der Waals surface area contributed by atoms with Gasteiger partial charge in [-0.3, -0.25) is 24.0 Å². The Hall–Kier alpha value is -7.90. The Labute approximate surface area is 452 Å². The van der Waals surface area contributed by atoms with E-state index in [9.17, 15) is 35.9 Å². The number of alkyl halides is 6. The Morgan fingerprint density at radius 1 is 0.759 bits per heavy atom. The molecule has 18 nitrogen and oxygen atoms in total. The number of hydrogen-bond acceptors (Lipinski definition) is 13. The lowest BCUT2D eigenvalue weighted by molar-refractivity contribution is -0.139. The summed E-state index contributed by atoms with van der Waals surface area (Å²) in [7, 11) is 3.46. The SMILES string of the molecule is CNN(/C=C(\N)c1cnn(CCc2ccc(C(=O)Nc3ccc(CNCCN4CCCC4)c(C(F)(F)F)c3)cc2-n2cc(-c3cnn(C)c3C)nn2)c1C)c1cc(C(=O)Nc2ccc(CNCCO)c(C(F)(F)F)c2)ccc1C. The lowest BCUT2D eigenvalue weighted by Gasteiger charge is -2.23. The minimum atomic E-state index is -4.69. The molecule has 1 aliphatic rings. The molecule has 0 radical (unpaired) electrons. The number of hydrogen-bond donors (Lipinski definition) is 7. The molecule has 8 N–H and O–H groups in total. The van der Waals surface area contributed by atoms with E-state index in [4.69, 9.17) is 10.8 Å². The van der Waals surface area contributed by atoms with Crippen LogP contribution < -0.4 is 37.4 Å². The van der Waals surface area contributed by atoms with E-state index in [0.717, 1.165) is 67.0 Å². The van der Waals surface area contributed by atoms with Crippen LogP contribution in [0, 0.1) is 20.8 Å². The summed E-state index contributed by atoms with van der Waals surface area (Å²) >= 11 is 0. The molecule has 24 heteroatoms. The van der Waals surface area contributed by atoms with Crippen molar-refractivity contribution in [2.75, 3.05) is 62.0 Å². The summed E-state index contributed by atoms with van der Waals surface area (Å²) in [6.45, 7) is 8.96. The number of benzene rings is 4. The van der Waals surface area contributed by atoms with E-state index in [1.807, 2.05) is 27.8 Å². The van der Waals surface area contributed by atoms with E-state index in [-0.39, 0.29) is 59.9 Å². The maximum absolute atomic E-state index is 14.4. The maximum atomic E-state index is 14.4. The third-order valence-electron chi connectivity index (χ3n) is 13.9. The summed E-state index contributed by atoms with van der Waals surface area (Å²) in [5.74, 6) is -1.28. The normalized spacial score (nSPS) is 13.3. The van der Waals surface area contributed by atoms with Crippen LogP contribution in [-0.2, 0) is 45.5 Å². The summed E-state index contributed by atoms with van der Waals surface area (Å²) in [5.41, 5.74) is 14.6. The van der Waals surface area contributed by atoms with Gasteiger partial charge in [0.25, 0.3) is 11.8 Å². The second-order valence-electron chi connectivity index (χ2n) is 19.2. The number of carbonyl (C=O) groups excluding carboxylic acids is 2. The van der Waals surface area contributed by atoms with Gasteiger partial charge in [0.05, 0.1) is 53.4 Å². The van der Waals surface area contributed by atoms with Gasteiger partial charge in [0, 0.05) is 105 Å². The highest BCUT2D eigenvalue weighted by Gasteiger charge is 2.35. The van der Waals surface area contributed by atoms with Gasteiger partial charge in [0.1, 0.15) is 5.69 Å². The number of aliphatic hydroxyl groups excluding tert-OH is 1. The number of halogens is 6. The highest BCUT2D eigenvalue weighted by molar-refractivity contribution is 6.05. The number of aromatic nitrogens is 7. The van der Waals surface area contributed by atoms with Crippen molar-refractivity contribution >= 4 is 34.6 Å². The van der Waals surface area contributed by atoms with Crippen LogP contribution in [0.4, 0.5) is 43.4 Å². The number of aryl methyl sites for hydroxylation is 4. The molecule has 0 spiro atoms. The van der Waals surface area contributed by atoms with E-state index in [1.165, 1.54) is 28.9 Å². The molecule has 1 saturated heterocycles. The topological polar surface area (TPSA) is 213 Å². The molecule has 1 aliphatic heterocycles. The first-order valence-corrected chi connectivity index (χ1v) is 25.6. The molecule has 3 aromatic heterocycles. The zero-order chi connectivity index (χ0) is 56.6. The Kier molecular flexibility index (Phi) is 18.0. The first-order valence-electron chi connectivity index (χ1n) is 25.6. The molecule has 4 aromatic carbocycles. The third-order valence-corrected chi connectivity index (χ3v) is 13.9. The highest BCUT2D eigenvalue weighted by Crippen LogP contribution is 2.36. The van der Waals surface area contributed by atoms with E-state index in [0.29, 0.717) is 53.5 Å². The van der Waals surface area contributed by atoms with Crippen molar-refractivity contribution in [3.05, 3.63) is 159 Å². The molecule has 0 unspecified atom stereocenters. The van der Waals surface area contributed by atoms with Crippen molar-refractivity contribution in [3.8, 4) is 16.9 Å². The smallest absolute Gasteiger partial charge is 0.397 e. The average molecular weight is 1100 g/mol. The maximum Gasteiger partial charge on any atom is 0.416 e. The molecular weight excluding hydrogens is 1030 g/mol. The molecule has 4 heterocycles. The zero-order valence-electron chi connectivity index (χ0n) is 44.4. The van der Waals surface area contributed by atoms with Crippen molar-refractivity contribution in [2.45, 2.75) is 72.0 Å². The number of hydrazine groups is 1. The van der Waals surface area contributed by atoms with Crippen LogP contribution >= 0.6 is 0 Å². The monoisotopic (exact) mass is 1100 g/mol. The Morgan fingerprint density at radius 2 is 1.37 bits per heavy atom. The summed E-state index contributed by atoms with van der Waals surface area (Å²) in [6.07, 6.45) is -0.106. The number of rotatable bonds is 22. The Morgan fingerprint density at radius 3 is 1.96 bits per heavy atom. The van der Waals surface area contributed by atoms with Gasteiger partial charge in [-0.05, 0) is 124 Å². The summed E-state index contributed by atoms with van der Waals surface area (Å²) < 4.78 is 90.3. The molecule has 418 valence electrons. The number of likely N-dealkylation sites (tertiary alicyclic amines) is 1. The average Bonchev–Trinajstić information content (AvgIpc) is 4.30. The van der Waals surface area contributed by atoms with Crippen molar-refractivity contribution in [3.63, 3.8) is 0 Å². The van der Waals surface area contributed by atoms with Crippen molar-refractivity contribution in [1.29, 1.82) is 0 Å². The van der Waals surface area contributed by atoms with E-state index in [2.05, 4.69) is 52.1 Å². The molecule has 2 amide bonds. The van der Waals surface area contributed by atoms with E-state index >= 15 is 0 Å². The van der Waals surface area contributed by atoms with Crippen LogP contribution in [0.1, 0.15) is 83.9 Å². The van der Waals surface area contributed by atoms with Crippen molar-refractivity contribution in [1.82, 2.24) is 55.5 Å². The van der Waals surface area contributed by atoms with Crippen LogP contribution in [-0.4, -0.2) is 103 Å². The van der Waals surface area contributed by atoms with Gasteiger partial charge in [-0.15, -0.1) is 5.10 Å². The second-order valence-corrected chi connectivity index (χ2v) is 19.2. The Bertz CT molecular complexity index is 3320. The lowest BCUT2D eigenvalue weighted by atomic mass is 10.0. The van der Waals surface area contributed by atoms with Crippen LogP contribution in [0.15, 0.2) is 97.6 Å². The number of nitrogens with one attached hydrogen (secondary N) is 5. The van der Waals surface area contributed by atoms with Crippen molar-refractivity contribution in [2.24, 2.45) is 12.8 Å².